The van der Waals surface area contributed by atoms with Crippen molar-refractivity contribution in [2.75, 3.05) is 0 Å². The summed E-state index contributed by atoms with van der Waals surface area (Å²) in [5, 5.41) is 0. The summed E-state index contributed by atoms with van der Waals surface area (Å²) in [5.74, 6) is -0.993. The monoisotopic (exact) mass is 578 g/mol. The first-order chi connectivity index (χ1) is 5.04. The van der Waals surface area contributed by atoms with Crippen LogP contribution in [0.2, 0.25) is 0 Å². The molecule has 0 saturated heterocycles. The predicted molar refractivity (Wildman–Crippen MR) is 61.4 cm³/mol. The van der Waals surface area contributed by atoms with Gasteiger partial charge >= 0.3 is 51.2 Å². The molecule has 0 saturated carbocycles. The van der Waals surface area contributed by atoms with Crippen molar-refractivity contribution < 1.29 is 9.59 Å². The molecule has 0 aliphatic heterocycles. The van der Waals surface area contributed by atoms with Crippen LogP contribution >= 0.6 is 35.5 Å². The molecule has 11 heavy (non-hydrogen) atoms. The van der Waals surface area contributed by atoms with Crippen LogP contribution in [0, 0.1) is 0 Å². The number of carbonyl (C=O) groups is 2. The topological polar surface area (TPSA) is 86.2 Å². The second-order valence-electron chi connectivity index (χ2n) is 1.50. The van der Waals surface area contributed by atoms with E-state index in [1.807, 2.05) is 0 Å². The number of nitrogens with two attached hydrogens (primary N) is 2. The van der Waals surface area contributed by atoms with E-state index in [9.17, 15) is 9.59 Å². The molecule has 0 aromatic heterocycles. The van der Waals surface area contributed by atoms with E-state index < -0.39 is 11.8 Å². The van der Waals surface area contributed by atoms with E-state index in [0.29, 0.717) is 0 Å². The van der Waals surface area contributed by atoms with Crippen molar-refractivity contribution in [2.45, 2.75) is 12.8 Å². The number of carbonyl (C=O) groups excluding carboxylic acids is 2. The fourth-order valence-electron chi connectivity index (χ4n) is 0.246. The van der Waals surface area contributed by atoms with Gasteiger partial charge in [-0.15, -0.1) is 0 Å². The zero-order chi connectivity index (χ0) is 9.28. The summed E-state index contributed by atoms with van der Waals surface area (Å²) in [4.78, 5) is 19.8. The zero-order valence-corrected chi connectivity index (χ0v) is 13.8. The van der Waals surface area contributed by atoms with Crippen LogP contribution in [-0.2, 0) is 9.59 Å². The van der Waals surface area contributed by atoms with Crippen molar-refractivity contribution in [3.05, 3.63) is 0 Å². The molecule has 0 rings (SSSR count). The van der Waals surface area contributed by atoms with Gasteiger partial charge in [0.2, 0.25) is 11.8 Å². The molecule has 0 fully saturated rings. The normalized spacial score (nSPS) is 7.82. The Morgan fingerprint density at radius 3 is 1.36 bits per heavy atom. The van der Waals surface area contributed by atoms with E-state index in [4.69, 9.17) is 11.5 Å². The Morgan fingerprint density at radius 1 is 1.09 bits per heavy atom. The van der Waals surface area contributed by atoms with Gasteiger partial charge in [-0.3, -0.25) is 9.59 Å². The summed E-state index contributed by atoms with van der Waals surface area (Å²) in [5.41, 5.74) is 9.39. The number of amides is 2. The quantitative estimate of drug-likeness (QED) is 0.370. The van der Waals surface area contributed by atoms with Gasteiger partial charge in [0.25, 0.3) is 0 Å². The summed E-state index contributed by atoms with van der Waals surface area (Å²) >= 11 is 4.96. The summed E-state index contributed by atoms with van der Waals surface area (Å²) < 4.78 is 0. The van der Waals surface area contributed by atoms with E-state index >= 15 is 0 Å². The summed E-state index contributed by atoms with van der Waals surface area (Å²) in [6.07, 6.45) is 0.102. The molecule has 0 aliphatic carbocycles. The fourth-order valence-corrected chi connectivity index (χ4v) is 0.246. The molecule has 0 aliphatic rings. The Hall–Kier alpha value is 1.32. The van der Waals surface area contributed by atoms with Crippen LogP contribution < -0.4 is 11.5 Å². The second kappa shape index (κ2) is 11.3. The average Bonchev–Trinajstić information content (AvgIpc) is 1.85. The molecule has 0 aromatic carbocycles. The van der Waals surface area contributed by atoms with Gasteiger partial charge in [-0.05, 0) is 0 Å². The molecule has 0 bridgehead atoms. The average molecular weight is 577 g/mol. The Balaban J connectivity index is 0. The van der Waals surface area contributed by atoms with E-state index in [1.54, 1.807) is 0 Å². The SMILES string of the molecule is NC(=O)CCC(N)=O.[I][Pb][I]. The van der Waals surface area contributed by atoms with E-state index in [-0.39, 0.29) is 28.5 Å². The summed E-state index contributed by atoms with van der Waals surface area (Å²) in [7, 11) is 0. The standard InChI is InChI=1S/C4H8N2O2.2HI.Pb/c5-3(7)1-2-4(6)8;;;/h1-2H2,(H2,5,7)(H2,6,8);2*1H;/q;;;+2/p-2. The minimum absolute atomic E-state index is 0.0233. The molecule has 2 radical (unpaired) electrons. The van der Waals surface area contributed by atoms with Gasteiger partial charge < -0.3 is 11.5 Å². The zero-order valence-electron chi connectivity index (χ0n) is 5.64. The first kappa shape index (κ1) is 14.8. The Morgan fingerprint density at radius 2 is 1.27 bits per heavy atom. The van der Waals surface area contributed by atoms with Gasteiger partial charge in [-0.2, -0.15) is 0 Å². The fraction of sp³-hybridized carbons (Fsp3) is 0.500. The molecule has 0 unspecified atom stereocenters. The summed E-state index contributed by atoms with van der Waals surface area (Å²) in [6.45, 7) is 0. The number of primary amides is 2. The minimum atomic E-state index is -0.496. The third kappa shape index (κ3) is 24.6. The second-order valence-corrected chi connectivity index (χ2v) is 29.6. The Kier molecular flexibility index (Phi) is 15.3. The summed E-state index contributed by atoms with van der Waals surface area (Å²) in [6, 6.07) is 0. The van der Waals surface area contributed by atoms with Crippen molar-refractivity contribution in [2.24, 2.45) is 11.5 Å². The maximum atomic E-state index is 9.92. The van der Waals surface area contributed by atoms with Crippen LogP contribution in [0.3, 0.4) is 0 Å². The molecule has 7 heteroatoms. The molecular weight excluding hydrogens is 569 g/mol. The maximum absolute atomic E-state index is 9.92. The Labute approximate surface area is 95.3 Å². The van der Waals surface area contributed by atoms with E-state index in [2.05, 4.69) is 35.5 Å². The van der Waals surface area contributed by atoms with E-state index in [1.165, 1.54) is 0 Å². The number of hydrogen-bond donors (Lipinski definition) is 2. The van der Waals surface area contributed by atoms with Crippen LogP contribution in [0.25, 0.3) is 0 Å². The van der Waals surface area contributed by atoms with E-state index in [0.717, 1.165) is 0 Å². The van der Waals surface area contributed by atoms with Crippen molar-refractivity contribution in [1.29, 1.82) is 0 Å². The number of halogens is 2. The number of hydrogen-bond acceptors (Lipinski definition) is 2. The van der Waals surface area contributed by atoms with Gasteiger partial charge in [0.05, 0.1) is 0 Å². The molecule has 0 aromatic rings. The van der Waals surface area contributed by atoms with Crippen molar-refractivity contribution in [3.63, 3.8) is 0 Å². The molecule has 0 heterocycles. The number of rotatable bonds is 3. The van der Waals surface area contributed by atoms with Gasteiger partial charge in [0, 0.05) is 12.8 Å². The van der Waals surface area contributed by atoms with Crippen LogP contribution in [0.4, 0.5) is 0 Å². The van der Waals surface area contributed by atoms with Crippen LogP contribution in [-0.4, -0.2) is 27.5 Å². The molecule has 64 valence electrons. The third-order valence-corrected chi connectivity index (χ3v) is 0.618. The molecule has 4 N–H and O–H groups in total. The molecule has 4 nitrogen and oxygen atoms in total. The first-order valence-corrected chi connectivity index (χ1v) is 24.4. The Bertz CT molecular complexity index is 119. The third-order valence-electron chi connectivity index (χ3n) is 0.618. The van der Waals surface area contributed by atoms with Gasteiger partial charge in [0.1, 0.15) is 0 Å². The van der Waals surface area contributed by atoms with Gasteiger partial charge in [-0.25, -0.2) is 0 Å². The van der Waals surface area contributed by atoms with Crippen molar-refractivity contribution >= 4 is 63.0 Å². The first-order valence-electron chi connectivity index (χ1n) is 2.57. The predicted octanol–water partition coefficient (Wildman–Crippen LogP) is 0.128. The molecule has 2 amide bonds. The van der Waals surface area contributed by atoms with Crippen LogP contribution in [0.5, 0.6) is 0 Å². The molecular formula is C4H8I2N2O2Pb. The van der Waals surface area contributed by atoms with Gasteiger partial charge in [0.15, 0.2) is 0 Å². The molecule has 0 spiro atoms. The van der Waals surface area contributed by atoms with Gasteiger partial charge in [-0.1, -0.05) is 0 Å². The van der Waals surface area contributed by atoms with Crippen LogP contribution in [0.1, 0.15) is 12.8 Å². The molecule has 0 atom stereocenters. The van der Waals surface area contributed by atoms with Crippen LogP contribution in [0.15, 0.2) is 0 Å². The van der Waals surface area contributed by atoms with Crippen molar-refractivity contribution in [1.82, 2.24) is 0 Å². The van der Waals surface area contributed by atoms with Crippen molar-refractivity contribution in [3.8, 4) is 0 Å².